The van der Waals surface area contributed by atoms with E-state index in [0.717, 1.165) is 27.8 Å². The van der Waals surface area contributed by atoms with Crippen molar-refractivity contribution >= 4 is 28.6 Å². The average molecular weight is 433 g/mol. The van der Waals surface area contributed by atoms with Gasteiger partial charge in [0, 0.05) is 11.6 Å². The van der Waals surface area contributed by atoms with Gasteiger partial charge >= 0.3 is 0 Å². The topological polar surface area (TPSA) is 46.3 Å². The van der Waals surface area contributed by atoms with Crippen molar-refractivity contribution in [3.8, 4) is 0 Å². The van der Waals surface area contributed by atoms with Gasteiger partial charge in [-0.1, -0.05) is 73.1 Å². The van der Waals surface area contributed by atoms with E-state index in [2.05, 4.69) is 4.98 Å². The Hall–Kier alpha value is -3.11. The van der Waals surface area contributed by atoms with Crippen LogP contribution in [-0.2, 0) is 17.9 Å². The summed E-state index contributed by atoms with van der Waals surface area (Å²) in [5.41, 5.74) is 4.54. The summed E-state index contributed by atoms with van der Waals surface area (Å²) in [4.78, 5) is 20.1. The highest BCUT2D eigenvalue weighted by Crippen LogP contribution is 2.27. The van der Waals surface area contributed by atoms with Gasteiger partial charge in [0.05, 0.1) is 12.5 Å². The van der Waals surface area contributed by atoms with E-state index in [-0.39, 0.29) is 18.4 Å². The molecule has 3 aromatic carbocycles. The number of rotatable bonds is 7. The maximum absolute atomic E-state index is 13.7. The number of carbonyl (C=O) groups excluding carboxylic acids is 1. The molecule has 0 bridgehead atoms. The maximum atomic E-state index is 13.7. The van der Waals surface area contributed by atoms with Crippen molar-refractivity contribution in [3.63, 3.8) is 0 Å². The Morgan fingerprint density at radius 2 is 1.77 bits per heavy atom. The van der Waals surface area contributed by atoms with E-state index in [1.165, 1.54) is 0 Å². The molecule has 0 spiro atoms. The molecule has 158 valence electrons. The molecule has 0 aliphatic rings. The molecule has 1 heterocycles. The van der Waals surface area contributed by atoms with Gasteiger partial charge in [-0.15, -0.1) is 0 Å². The Morgan fingerprint density at radius 1 is 1.03 bits per heavy atom. The summed E-state index contributed by atoms with van der Waals surface area (Å²) in [5.74, 6) is 0.311. The molecule has 0 N–H and O–H groups in total. The predicted molar refractivity (Wildman–Crippen MR) is 124 cm³/mol. The van der Waals surface area contributed by atoms with Crippen molar-refractivity contribution in [2.24, 2.45) is 0 Å². The second-order valence-electron chi connectivity index (χ2n) is 7.74. The third-order valence-corrected chi connectivity index (χ3v) is 5.82. The molecule has 0 unspecified atom stereocenters. The van der Waals surface area contributed by atoms with Crippen LogP contribution < -0.4 is 0 Å². The van der Waals surface area contributed by atoms with E-state index in [1.54, 1.807) is 4.90 Å². The lowest BCUT2D eigenvalue weighted by molar-refractivity contribution is -0.134. The van der Waals surface area contributed by atoms with Crippen molar-refractivity contribution in [3.05, 3.63) is 100 Å². The number of hydrogen-bond acceptors (Lipinski definition) is 3. The van der Waals surface area contributed by atoms with Crippen molar-refractivity contribution in [2.45, 2.75) is 39.3 Å². The molecule has 1 amide bonds. The van der Waals surface area contributed by atoms with Gasteiger partial charge in [-0.05, 0) is 48.2 Å². The van der Waals surface area contributed by atoms with Crippen LogP contribution in [0.25, 0.3) is 11.1 Å². The number of aromatic nitrogens is 1. The van der Waals surface area contributed by atoms with Gasteiger partial charge in [0.1, 0.15) is 5.52 Å². The second-order valence-corrected chi connectivity index (χ2v) is 8.14. The summed E-state index contributed by atoms with van der Waals surface area (Å²) >= 11 is 6.41. The number of carbonyl (C=O) groups is 1. The zero-order chi connectivity index (χ0) is 21.8. The largest absolute Gasteiger partial charge is 0.439 e. The molecule has 0 fully saturated rings. The fourth-order valence-corrected chi connectivity index (χ4v) is 4.01. The Bertz CT molecular complexity index is 1190. The van der Waals surface area contributed by atoms with Crippen LogP contribution in [0.3, 0.4) is 0 Å². The Kier molecular flexibility index (Phi) is 6.38. The first kappa shape index (κ1) is 21.1. The Labute approximate surface area is 187 Å². The third-order valence-electron chi connectivity index (χ3n) is 5.45. The molecule has 0 aliphatic heterocycles. The molecule has 0 saturated heterocycles. The lowest BCUT2D eigenvalue weighted by Gasteiger charge is -2.26. The van der Waals surface area contributed by atoms with Crippen LogP contribution in [0.1, 0.15) is 41.8 Å². The minimum Gasteiger partial charge on any atom is -0.439 e. The van der Waals surface area contributed by atoms with Crippen molar-refractivity contribution in [1.82, 2.24) is 9.88 Å². The lowest BCUT2D eigenvalue weighted by Crippen LogP contribution is -2.34. The predicted octanol–water partition coefficient (Wildman–Crippen LogP) is 6.51. The van der Waals surface area contributed by atoms with Gasteiger partial charge in [0.2, 0.25) is 11.8 Å². The smallest absolute Gasteiger partial charge is 0.230 e. The quantitative estimate of drug-likeness (QED) is 0.334. The summed E-state index contributed by atoms with van der Waals surface area (Å²) in [6.45, 7) is 4.72. The van der Waals surface area contributed by atoms with Crippen LogP contribution in [0.4, 0.5) is 0 Å². The molecule has 4 nitrogen and oxygen atoms in total. The van der Waals surface area contributed by atoms with Gasteiger partial charge < -0.3 is 9.32 Å². The second kappa shape index (κ2) is 9.36. The average Bonchev–Trinajstić information content (AvgIpc) is 3.17. The monoisotopic (exact) mass is 432 g/mol. The molecule has 4 aromatic rings. The van der Waals surface area contributed by atoms with E-state index in [1.807, 2.05) is 86.6 Å². The summed E-state index contributed by atoms with van der Waals surface area (Å²) in [7, 11) is 0. The molecule has 1 aromatic heterocycles. The molecule has 0 saturated carbocycles. The molecule has 4 rings (SSSR count). The van der Waals surface area contributed by atoms with Crippen LogP contribution in [0.5, 0.6) is 0 Å². The molecule has 0 aliphatic carbocycles. The molecule has 1 atom stereocenters. The van der Waals surface area contributed by atoms with Crippen molar-refractivity contribution < 1.29 is 9.21 Å². The Morgan fingerprint density at radius 3 is 2.52 bits per heavy atom. The van der Waals surface area contributed by atoms with Gasteiger partial charge in [0.15, 0.2) is 5.58 Å². The number of oxazole rings is 1. The maximum Gasteiger partial charge on any atom is 0.230 e. The highest BCUT2D eigenvalue weighted by atomic mass is 35.5. The van der Waals surface area contributed by atoms with Crippen LogP contribution in [-0.4, -0.2) is 15.8 Å². The number of halogens is 1. The van der Waals surface area contributed by atoms with E-state index in [4.69, 9.17) is 16.0 Å². The molecule has 0 radical (unpaired) electrons. The van der Waals surface area contributed by atoms with Crippen LogP contribution >= 0.6 is 11.6 Å². The summed E-state index contributed by atoms with van der Waals surface area (Å²) in [6.07, 6.45) is 0.703. The highest BCUT2D eigenvalue weighted by Gasteiger charge is 2.26. The van der Waals surface area contributed by atoms with Gasteiger partial charge in [-0.2, -0.15) is 0 Å². The van der Waals surface area contributed by atoms with Gasteiger partial charge in [-0.25, -0.2) is 4.98 Å². The number of benzene rings is 3. The molecular weight excluding hydrogens is 408 g/mol. The SMILES string of the molecule is CC[C@@H](C(=O)N(Cc1nc2cc(C)ccc2o1)Cc1ccccc1Cl)c1ccccc1. The minimum absolute atomic E-state index is 0.0343. The lowest BCUT2D eigenvalue weighted by atomic mass is 9.94. The number of fused-ring (bicyclic) bond motifs is 1. The van der Waals surface area contributed by atoms with Crippen molar-refractivity contribution in [1.29, 1.82) is 0 Å². The number of nitrogens with zero attached hydrogens (tertiary/aromatic N) is 2. The van der Waals surface area contributed by atoms with Crippen LogP contribution in [0.2, 0.25) is 5.02 Å². The zero-order valence-electron chi connectivity index (χ0n) is 17.7. The standard InChI is InChI=1S/C26H25ClN2O2/c1-3-21(19-9-5-4-6-10-19)26(30)29(16-20-11-7-8-12-22(20)27)17-25-28-23-15-18(2)13-14-24(23)31-25/h4-15,21H,3,16-17H2,1-2H3/t21-/m1/s1. The molecular formula is C26H25ClN2O2. The summed E-state index contributed by atoms with van der Waals surface area (Å²) < 4.78 is 5.95. The van der Waals surface area contributed by atoms with Gasteiger partial charge in [0.25, 0.3) is 0 Å². The normalized spacial score (nSPS) is 12.1. The minimum atomic E-state index is -0.240. The summed E-state index contributed by atoms with van der Waals surface area (Å²) in [5, 5.41) is 0.640. The first-order valence-corrected chi connectivity index (χ1v) is 10.9. The van der Waals surface area contributed by atoms with E-state index in [9.17, 15) is 4.79 Å². The van der Waals surface area contributed by atoms with Crippen LogP contribution in [0, 0.1) is 6.92 Å². The first-order chi connectivity index (χ1) is 15.0. The van der Waals surface area contributed by atoms with E-state index < -0.39 is 0 Å². The van der Waals surface area contributed by atoms with E-state index >= 15 is 0 Å². The highest BCUT2D eigenvalue weighted by molar-refractivity contribution is 6.31. The fourth-order valence-electron chi connectivity index (χ4n) is 3.82. The van der Waals surface area contributed by atoms with Crippen molar-refractivity contribution in [2.75, 3.05) is 0 Å². The van der Waals surface area contributed by atoms with Crippen LogP contribution in [0.15, 0.2) is 77.2 Å². The number of hydrogen-bond donors (Lipinski definition) is 0. The third kappa shape index (κ3) is 4.80. The number of amides is 1. The van der Waals surface area contributed by atoms with Gasteiger partial charge in [-0.3, -0.25) is 4.79 Å². The van der Waals surface area contributed by atoms with E-state index in [0.29, 0.717) is 23.9 Å². The molecule has 31 heavy (non-hydrogen) atoms. The Balaban J connectivity index is 1.67. The number of aryl methyl sites for hydroxylation is 1. The zero-order valence-corrected chi connectivity index (χ0v) is 18.5. The molecule has 5 heteroatoms. The first-order valence-electron chi connectivity index (χ1n) is 10.5. The fraction of sp³-hybridized carbons (Fsp3) is 0.231. The summed E-state index contributed by atoms with van der Waals surface area (Å²) in [6, 6.07) is 23.4.